The molecule has 2 aromatic heterocycles. The van der Waals surface area contributed by atoms with Crippen LogP contribution < -0.4 is 10.9 Å². The molecule has 1 amide bonds. The van der Waals surface area contributed by atoms with E-state index < -0.39 is 15.4 Å². The highest BCUT2D eigenvalue weighted by atomic mass is 79.9. The van der Waals surface area contributed by atoms with Crippen LogP contribution in [0, 0.1) is 6.92 Å². The molecule has 152 valence electrons. The number of carbonyl (C=O) groups excluding carboxylic acids is 1. The zero-order valence-electron chi connectivity index (χ0n) is 15.5. The highest BCUT2D eigenvalue weighted by Gasteiger charge is 2.31. The van der Waals surface area contributed by atoms with Crippen LogP contribution in [0.3, 0.4) is 0 Å². The third-order valence-electron chi connectivity index (χ3n) is 4.91. The molecule has 1 fully saturated rings. The van der Waals surface area contributed by atoms with E-state index in [0.29, 0.717) is 17.8 Å². The minimum Gasteiger partial charge on any atom is -0.324 e. The van der Waals surface area contributed by atoms with Crippen molar-refractivity contribution < 1.29 is 13.2 Å². The van der Waals surface area contributed by atoms with Gasteiger partial charge in [-0.05, 0) is 37.1 Å². The Bertz CT molecular complexity index is 1280. The molecule has 0 saturated carbocycles. The van der Waals surface area contributed by atoms with E-state index in [0.717, 1.165) is 10.0 Å². The number of nitrogens with zero attached hydrogens (tertiary/aromatic N) is 4. The molecule has 4 rings (SSSR count). The molecule has 3 aromatic rings. The van der Waals surface area contributed by atoms with E-state index in [1.807, 2.05) is 19.1 Å². The molecular weight excluding hydrogens is 462 g/mol. The summed E-state index contributed by atoms with van der Waals surface area (Å²) < 4.78 is 27.1. The van der Waals surface area contributed by atoms with Crippen LogP contribution in [0.15, 0.2) is 40.0 Å². The largest absolute Gasteiger partial charge is 0.324 e. The summed E-state index contributed by atoms with van der Waals surface area (Å²) in [7, 11) is -3.09. The SMILES string of the molecule is Cc1cc(Br)ccc1NC(=O)Cn1cnc2c(cnn2C2CCS(=O)(=O)C2)c1=O. The zero-order chi connectivity index (χ0) is 20.8. The monoisotopic (exact) mass is 479 g/mol. The predicted octanol–water partition coefficient (Wildman–Crippen LogP) is 1.66. The first-order valence-corrected chi connectivity index (χ1v) is 11.5. The number of fused-ring (bicyclic) bond motifs is 1. The van der Waals surface area contributed by atoms with Crippen LogP contribution in [0.2, 0.25) is 0 Å². The van der Waals surface area contributed by atoms with Gasteiger partial charge in [-0.1, -0.05) is 15.9 Å². The Balaban J connectivity index is 1.57. The van der Waals surface area contributed by atoms with E-state index in [2.05, 4.69) is 31.3 Å². The van der Waals surface area contributed by atoms with Crippen molar-refractivity contribution in [3.05, 3.63) is 51.1 Å². The fraction of sp³-hybridized carbons (Fsp3) is 0.333. The number of hydrogen-bond acceptors (Lipinski definition) is 6. The van der Waals surface area contributed by atoms with Crippen molar-refractivity contribution in [3.63, 3.8) is 0 Å². The third kappa shape index (κ3) is 3.97. The van der Waals surface area contributed by atoms with Gasteiger partial charge in [-0.25, -0.2) is 18.1 Å². The van der Waals surface area contributed by atoms with Crippen molar-refractivity contribution >= 4 is 48.4 Å². The summed E-state index contributed by atoms with van der Waals surface area (Å²) >= 11 is 3.37. The van der Waals surface area contributed by atoms with Crippen molar-refractivity contribution in [2.75, 3.05) is 16.8 Å². The van der Waals surface area contributed by atoms with Crippen LogP contribution in [0.4, 0.5) is 5.69 Å². The molecule has 11 heteroatoms. The summed E-state index contributed by atoms with van der Waals surface area (Å²) in [6.45, 7) is 1.68. The standard InChI is InChI=1S/C18H18BrN5O4S/c1-11-6-12(19)2-3-15(11)22-16(25)8-23-10-20-17-14(18(23)26)7-21-24(17)13-4-5-29(27,28)9-13/h2-3,6-7,10,13H,4-5,8-9H2,1H3,(H,22,25). The molecule has 0 spiro atoms. The number of nitrogens with one attached hydrogen (secondary N) is 1. The number of benzene rings is 1. The second kappa shape index (κ2) is 7.38. The van der Waals surface area contributed by atoms with E-state index >= 15 is 0 Å². The van der Waals surface area contributed by atoms with Gasteiger partial charge in [0.05, 0.1) is 23.7 Å². The summed E-state index contributed by atoms with van der Waals surface area (Å²) in [6, 6.07) is 5.15. The van der Waals surface area contributed by atoms with Gasteiger partial charge in [0.15, 0.2) is 15.5 Å². The molecule has 0 aliphatic carbocycles. The summed E-state index contributed by atoms with van der Waals surface area (Å²) in [4.78, 5) is 29.4. The molecule has 1 N–H and O–H groups in total. The van der Waals surface area contributed by atoms with Crippen molar-refractivity contribution in [2.24, 2.45) is 0 Å². The summed E-state index contributed by atoms with van der Waals surface area (Å²) in [6.07, 6.45) is 3.11. The Morgan fingerprint density at radius 2 is 2.17 bits per heavy atom. The van der Waals surface area contributed by atoms with Crippen molar-refractivity contribution in [3.8, 4) is 0 Å². The highest BCUT2D eigenvalue weighted by Crippen LogP contribution is 2.25. The van der Waals surface area contributed by atoms with Gasteiger partial charge in [-0.15, -0.1) is 0 Å². The maximum absolute atomic E-state index is 12.7. The van der Waals surface area contributed by atoms with Crippen LogP contribution in [-0.4, -0.2) is 45.2 Å². The van der Waals surface area contributed by atoms with Crippen molar-refractivity contribution in [1.82, 2.24) is 19.3 Å². The van der Waals surface area contributed by atoms with Gasteiger partial charge in [-0.3, -0.25) is 14.2 Å². The molecule has 1 saturated heterocycles. The van der Waals surface area contributed by atoms with Crippen molar-refractivity contribution in [2.45, 2.75) is 25.9 Å². The molecule has 1 atom stereocenters. The van der Waals surface area contributed by atoms with Gasteiger partial charge < -0.3 is 5.32 Å². The lowest BCUT2D eigenvalue weighted by Crippen LogP contribution is -2.28. The van der Waals surface area contributed by atoms with Crippen LogP contribution >= 0.6 is 15.9 Å². The number of sulfone groups is 1. The number of aromatic nitrogens is 4. The number of rotatable bonds is 4. The lowest BCUT2D eigenvalue weighted by molar-refractivity contribution is -0.116. The summed E-state index contributed by atoms with van der Waals surface area (Å²) in [5.41, 5.74) is 1.49. The Morgan fingerprint density at radius 1 is 1.38 bits per heavy atom. The van der Waals surface area contributed by atoms with Gasteiger partial charge >= 0.3 is 0 Å². The predicted molar refractivity (Wildman–Crippen MR) is 112 cm³/mol. The third-order valence-corrected chi connectivity index (χ3v) is 7.15. The highest BCUT2D eigenvalue weighted by molar-refractivity contribution is 9.10. The Kier molecular flexibility index (Phi) is 5.03. The minimum atomic E-state index is -3.09. The van der Waals surface area contributed by atoms with Gasteiger partial charge in [0.1, 0.15) is 18.3 Å². The average molecular weight is 480 g/mol. The number of carbonyl (C=O) groups is 1. The molecule has 1 unspecified atom stereocenters. The maximum Gasteiger partial charge on any atom is 0.264 e. The van der Waals surface area contributed by atoms with E-state index in [1.54, 1.807) is 6.07 Å². The second-order valence-electron chi connectivity index (χ2n) is 7.07. The fourth-order valence-electron chi connectivity index (χ4n) is 3.43. The van der Waals surface area contributed by atoms with Crippen molar-refractivity contribution in [1.29, 1.82) is 0 Å². The molecule has 9 nitrogen and oxygen atoms in total. The first-order valence-electron chi connectivity index (χ1n) is 8.92. The van der Waals surface area contributed by atoms with Crippen LogP contribution in [0.5, 0.6) is 0 Å². The molecular formula is C18H18BrN5O4S. The van der Waals surface area contributed by atoms with E-state index in [-0.39, 0.29) is 35.4 Å². The van der Waals surface area contributed by atoms with Gasteiger partial charge in [0, 0.05) is 10.2 Å². The van der Waals surface area contributed by atoms with E-state index in [1.165, 1.54) is 21.8 Å². The number of amides is 1. The topological polar surface area (TPSA) is 116 Å². The van der Waals surface area contributed by atoms with Gasteiger partial charge in [0.25, 0.3) is 5.56 Å². The molecule has 29 heavy (non-hydrogen) atoms. The molecule has 0 radical (unpaired) electrons. The smallest absolute Gasteiger partial charge is 0.264 e. The molecule has 1 aromatic carbocycles. The van der Waals surface area contributed by atoms with Gasteiger partial charge in [-0.2, -0.15) is 5.10 Å². The van der Waals surface area contributed by atoms with Crippen LogP contribution in [0.1, 0.15) is 18.0 Å². The fourth-order valence-corrected chi connectivity index (χ4v) is 5.59. The minimum absolute atomic E-state index is 0.0104. The summed E-state index contributed by atoms with van der Waals surface area (Å²) in [5, 5.41) is 7.22. The lowest BCUT2D eigenvalue weighted by atomic mass is 10.2. The van der Waals surface area contributed by atoms with E-state index in [4.69, 9.17) is 0 Å². The molecule has 3 heterocycles. The van der Waals surface area contributed by atoms with Gasteiger partial charge in [0.2, 0.25) is 5.91 Å². The maximum atomic E-state index is 12.7. The first kappa shape index (κ1) is 19.8. The van der Waals surface area contributed by atoms with E-state index in [9.17, 15) is 18.0 Å². The first-order chi connectivity index (χ1) is 13.7. The van der Waals surface area contributed by atoms with Crippen LogP contribution in [0.25, 0.3) is 11.0 Å². The Labute approximate surface area is 174 Å². The number of hydrogen-bond donors (Lipinski definition) is 1. The quantitative estimate of drug-likeness (QED) is 0.608. The Hall–Kier alpha value is -2.53. The number of aryl methyl sites for hydroxylation is 1. The second-order valence-corrected chi connectivity index (χ2v) is 10.2. The average Bonchev–Trinajstić information content (AvgIpc) is 3.23. The zero-order valence-corrected chi connectivity index (χ0v) is 17.9. The summed E-state index contributed by atoms with van der Waals surface area (Å²) in [5.74, 6) is -0.261. The molecule has 0 bridgehead atoms. The molecule has 1 aliphatic rings. The lowest BCUT2D eigenvalue weighted by Gasteiger charge is -2.11. The normalized spacial score (nSPS) is 18.2. The molecule has 1 aliphatic heterocycles. The number of halogens is 1. The number of anilines is 1. The van der Waals surface area contributed by atoms with Crippen LogP contribution in [-0.2, 0) is 21.2 Å². The Morgan fingerprint density at radius 3 is 2.86 bits per heavy atom.